The summed E-state index contributed by atoms with van der Waals surface area (Å²) in [6, 6.07) is 7.78. The fourth-order valence-electron chi connectivity index (χ4n) is 4.02. The number of ether oxygens (including phenoxy) is 2. The van der Waals surface area contributed by atoms with E-state index in [0.717, 1.165) is 33.8 Å². The van der Waals surface area contributed by atoms with Crippen LogP contribution < -0.4 is 9.47 Å². The molecule has 2 aliphatic rings. The van der Waals surface area contributed by atoms with Crippen LogP contribution in [0.5, 0.6) is 11.5 Å². The zero-order valence-electron chi connectivity index (χ0n) is 14.9. The average molecular weight is 336 g/mol. The molecule has 0 amide bonds. The third-order valence-electron chi connectivity index (χ3n) is 5.39. The molecule has 0 atom stereocenters. The highest BCUT2D eigenvalue weighted by atomic mass is 16.5. The van der Waals surface area contributed by atoms with Crippen molar-refractivity contribution in [1.82, 2.24) is 0 Å². The van der Waals surface area contributed by atoms with E-state index in [0.29, 0.717) is 24.3 Å². The molecule has 0 radical (unpaired) electrons. The van der Waals surface area contributed by atoms with E-state index in [9.17, 15) is 9.59 Å². The van der Waals surface area contributed by atoms with Crippen LogP contribution in [0.15, 0.2) is 24.3 Å². The van der Waals surface area contributed by atoms with Crippen LogP contribution in [0.1, 0.15) is 56.8 Å². The van der Waals surface area contributed by atoms with Crippen molar-refractivity contribution in [3.8, 4) is 11.5 Å². The lowest BCUT2D eigenvalue weighted by molar-refractivity contribution is 0.100. The summed E-state index contributed by atoms with van der Waals surface area (Å²) in [4.78, 5) is 23.6. The second kappa shape index (κ2) is 5.19. The molecular formula is C21H20O4. The van der Waals surface area contributed by atoms with Crippen molar-refractivity contribution < 1.29 is 19.1 Å². The fraction of sp³-hybridized carbons (Fsp3) is 0.333. The Kier molecular flexibility index (Phi) is 3.29. The molecule has 2 aromatic rings. The molecule has 0 aromatic heterocycles. The number of benzene rings is 2. The average Bonchev–Trinajstić information content (AvgIpc) is 3.08. The van der Waals surface area contributed by atoms with Gasteiger partial charge in [-0.25, -0.2) is 0 Å². The van der Waals surface area contributed by atoms with E-state index in [1.165, 1.54) is 0 Å². The molecule has 4 rings (SSSR count). The molecule has 4 nitrogen and oxygen atoms in total. The Hall–Kier alpha value is -2.62. The normalized spacial score (nSPS) is 16.2. The number of hydrogen-bond donors (Lipinski definition) is 0. The molecule has 0 N–H and O–H groups in total. The molecular weight excluding hydrogens is 316 g/mol. The quantitative estimate of drug-likeness (QED) is 0.783. The smallest absolute Gasteiger partial charge is 0.160 e. The van der Waals surface area contributed by atoms with Crippen molar-refractivity contribution in [2.24, 2.45) is 0 Å². The lowest BCUT2D eigenvalue weighted by Gasteiger charge is -2.21. The van der Waals surface area contributed by atoms with Gasteiger partial charge in [0.05, 0.1) is 5.41 Å². The van der Waals surface area contributed by atoms with E-state index < -0.39 is 0 Å². The van der Waals surface area contributed by atoms with E-state index in [4.69, 9.17) is 9.47 Å². The minimum absolute atomic E-state index is 0.0369. The number of carbonyl (C=O) groups is 2. The van der Waals surface area contributed by atoms with Crippen LogP contribution in [0, 0.1) is 13.8 Å². The van der Waals surface area contributed by atoms with Gasteiger partial charge >= 0.3 is 0 Å². The summed E-state index contributed by atoms with van der Waals surface area (Å²) in [5, 5.41) is 0. The Balaban J connectivity index is 1.90. The predicted octanol–water partition coefficient (Wildman–Crippen LogP) is 3.78. The SMILES string of the molecule is CC(=O)c1cc2c(cc1C)C1(CO2)COc2cc(C(C)=O)c(C)cc21. The largest absolute Gasteiger partial charge is 0.492 e. The molecule has 0 saturated carbocycles. The van der Waals surface area contributed by atoms with Crippen LogP contribution in [-0.2, 0) is 5.41 Å². The maximum Gasteiger partial charge on any atom is 0.160 e. The van der Waals surface area contributed by atoms with Crippen molar-refractivity contribution in [3.63, 3.8) is 0 Å². The van der Waals surface area contributed by atoms with Gasteiger partial charge in [0, 0.05) is 22.3 Å². The zero-order valence-corrected chi connectivity index (χ0v) is 14.9. The summed E-state index contributed by atoms with van der Waals surface area (Å²) in [5.41, 5.74) is 5.03. The first-order valence-corrected chi connectivity index (χ1v) is 8.41. The van der Waals surface area contributed by atoms with Crippen molar-refractivity contribution in [2.45, 2.75) is 33.1 Å². The molecule has 0 saturated heterocycles. The molecule has 0 bridgehead atoms. The molecule has 2 aromatic carbocycles. The Labute approximate surface area is 146 Å². The van der Waals surface area contributed by atoms with Crippen LogP contribution in [0.2, 0.25) is 0 Å². The minimum Gasteiger partial charge on any atom is -0.492 e. The number of carbonyl (C=O) groups excluding carboxylic acids is 2. The number of Topliss-reactive ketones (excluding diaryl/α,β-unsaturated/α-hetero) is 2. The highest BCUT2D eigenvalue weighted by Crippen LogP contribution is 2.51. The Morgan fingerprint density at radius 1 is 0.800 bits per heavy atom. The monoisotopic (exact) mass is 336 g/mol. The third kappa shape index (κ3) is 2.13. The van der Waals surface area contributed by atoms with E-state index in [2.05, 4.69) is 0 Å². The van der Waals surface area contributed by atoms with Gasteiger partial charge in [-0.1, -0.05) is 12.1 Å². The van der Waals surface area contributed by atoms with Gasteiger partial charge in [0.1, 0.15) is 24.7 Å². The van der Waals surface area contributed by atoms with Gasteiger partial charge in [-0.15, -0.1) is 0 Å². The standard InChI is InChI=1S/C21H20O4/c1-11-5-17-19(7-15(11)13(3)22)24-9-21(17)10-25-20-8-16(14(4)23)12(2)6-18(20)21/h5-8H,9-10H2,1-4H3. The van der Waals surface area contributed by atoms with Gasteiger partial charge in [-0.3, -0.25) is 9.59 Å². The van der Waals surface area contributed by atoms with Gasteiger partial charge in [0.2, 0.25) is 0 Å². The summed E-state index contributed by atoms with van der Waals surface area (Å²) < 4.78 is 11.9. The summed E-state index contributed by atoms with van der Waals surface area (Å²) in [6.07, 6.45) is 0. The Bertz CT molecular complexity index is 862. The second-order valence-electron chi connectivity index (χ2n) is 7.10. The number of ketones is 2. The summed E-state index contributed by atoms with van der Waals surface area (Å²) in [5.74, 6) is 1.57. The van der Waals surface area contributed by atoms with Crippen LogP contribution in [-0.4, -0.2) is 24.8 Å². The molecule has 2 heterocycles. The van der Waals surface area contributed by atoms with Crippen molar-refractivity contribution in [1.29, 1.82) is 0 Å². The van der Waals surface area contributed by atoms with Crippen molar-refractivity contribution >= 4 is 11.6 Å². The highest BCUT2D eigenvalue weighted by molar-refractivity contribution is 5.97. The van der Waals surface area contributed by atoms with Gasteiger partial charge in [-0.2, -0.15) is 0 Å². The fourth-order valence-corrected chi connectivity index (χ4v) is 4.02. The first-order valence-electron chi connectivity index (χ1n) is 8.41. The Morgan fingerprint density at radius 2 is 1.20 bits per heavy atom. The van der Waals surface area contributed by atoms with Crippen LogP contribution in [0.3, 0.4) is 0 Å². The van der Waals surface area contributed by atoms with E-state index in [1.54, 1.807) is 13.8 Å². The summed E-state index contributed by atoms with van der Waals surface area (Å²) >= 11 is 0. The molecule has 25 heavy (non-hydrogen) atoms. The van der Waals surface area contributed by atoms with E-state index in [-0.39, 0.29) is 17.0 Å². The van der Waals surface area contributed by atoms with Crippen molar-refractivity contribution in [2.75, 3.05) is 13.2 Å². The zero-order chi connectivity index (χ0) is 17.9. The first-order chi connectivity index (χ1) is 11.8. The molecule has 4 heteroatoms. The van der Waals surface area contributed by atoms with Gasteiger partial charge in [0.15, 0.2) is 11.6 Å². The number of aryl methyl sites for hydroxylation is 2. The summed E-state index contributed by atoms with van der Waals surface area (Å²) in [7, 11) is 0. The topological polar surface area (TPSA) is 52.6 Å². The van der Waals surface area contributed by atoms with Crippen LogP contribution in [0.25, 0.3) is 0 Å². The second-order valence-corrected chi connectivity index (χ2v) is 7.10. The molecule has 128 valence electrons. The lowest BCUT2D eigenvalue weighted by atomic mass is 9.76. The third-order valence-corrected chi connectivity index (χ3v) is 5.39. The van der Waals surface area contributed by atoms with Crippen molar-refractivity contribution in [3.05, 3.63) is 57.6 Å². The molecule has 0 unspecified atom stereocenters. The highest BCUT2D eigenvalue weighted by Gasteiger charge is 2.49. The Morgan fingerprint density at radius 3 is 1.56 bits per heavy atom. The predicted molar refractivity (Wildman–Crippen MR) is 94.1 cm³/mol. The minimum atomic E-state index is -0.370. The molecule has 2 aliphatic heterocycles. The lowest BCUT2D eigenvalue weighted by Crippen LogP contribution is -2.31. The van der Waals surface area contributed by atoms with Gasteiger partial charge in [-0.05, 0) is 51.0 Å². The number of fused-ring (bicyclic) bond motifs is 4. The van der Waals surface area contributed by atoms with Gasteiger partial charge in [0.25, 0.3) is 0 Å². The van der Waals surface area contributed by atoms with Crippen LogP contribution in [0.4, 0.5) is 0 Å². The molecule has 1 spiro atoms. The maximum absolute atomic E-state index is 11.8. The van der Waals surface area contributed by atoms with E-state index in [1.807, 2.05) is 38.1 Å². The molecule has 0 aliphatic carbocycles. The maximum atomic E-state index is 11.8. The molecule has 0 fully saturated rings. The number of rotatable bonds is 2. The van der Waals surface area contributed by atoms with Gasteiger partial charge < -0.3 is 9.47 Å². The number of hydrogen-bond acceptors (Lipinski definition) is 4. The first kappa shape index (κ1) is 15.9. The van der Waals surface area contributed by atoms with Crippen LogP contribution >= 0.6 is 0 Å². The van der Waals surface area contributed by atoms with E-state index >= 15 is 0 Å². The summed E-state index contributed by atoms with van der Waals surface area (Å²) in [6.45, 7) is 8.00.